The van der Waals surface area contributed by atoms with Crippen LogP contribution in [0.2, 0.25) is 0 Å². The zero-order valence-electron chi connectivity index (χ0n) is 7.76. The van der Waals surface area contributed by atoms with Gasteiger partial charge in [0.05, 0.1) is 5.41 Å². The third kappa shape index (κ3) is 2.22. The highest BCUT2D eigenvalue weighted by Crippen LogP contribution is 2.20. The first kappa shape index (κ1) is 9.04. The van der Waals surface area contributed by atoms with Gasteiger partial charge in [0, 0.05) is 6.42 Å². The summed E-state index contributed by atoms with van der Waals surface area (Å²) in [6.45, 7) is 5.54. The molecule has 0 unspecified atom stereocenters. The topological polar surface area (TPSA) is 26.3 Å². The summed E-state index contributed by atoms with van der Waals surface area (Å²) in [5.74, 6) is 0.576. The first-order chi connectivity index (χ1) is 5.50. The van der Waals surface area contributed by atoms with Gasteiger partial charge in [-0.1, -0.05) is 12.2 Å². The standard InChI is InChI=1S/C10H14O2/c1-10(2,3)9(11)12-8-6-4-5-7-8/h4-6H,7H2,1-3H3. The summed E-state index contributed by atoms with van der Waals surface area (Å²) < 4.78 is 5.14. The second-order valence-electron chi connectivity index (χ2n) is 3.90. The number of ether oxygens (including phenoxy) is 1. The van der Waals surface area contributed by atoms with Crippen molar-refractivity contribution in [2.75, 3.05) is 0 Å². The zero-order chi connectivity index (χ0) is 9.19. The first-order valence-corrected chi connectivity index (χ1v) is 4.08. The molecule has 0 radical (unpaired) electrons. The summed E-state index contributed by atoms with van der Waals surface area (Å²) in [5.41, 5.74) is -0.413. The van der Waals surface area contributed by atoms with Crippen LogP contribution < -0.4 is 0 Å². The number of allylic oxidation sites excluding steroid dienone is 3. The monoisotopic (exact) mass is 166 g/mol. The SMILES string of the molecule is CC(C)(C)C(=O)OC1=CC=CC1. The van der Waals surface area contributed by atoms with Crippen molar-refractivity contribution in [2.24, 2.45) is 5.41 Å². The van der Waals surface area contributed by atoms with E-state index in [0.29, 0.717) is 0 Å². The maximum atomic E-state index is 11.3. The Balaban J connectivity index is 2.48. The minimum absolute atomic E-state index is 0.169. The number of hydrogen-bond acceptors (Lipinski definition) is 2. The molecule has 1 rings (SSSR count). The van der Waals surface area contributed by atoms with E-state index in [-0.39, 0.29) is 5.97 Å². The highest BCUT2D eigenvalue weighted by atomic mass is 16.5. The Morgan fingerprint density at radius 3 is 2.58 bits per heavy atom. The molecule has 2 nitrogen and oxygen atoms in total. The third-order valence-corrected chi connectivity index (χ3v) is 1.57. The molecule has 0 aromatic heterocycles. The molecule has 0 aromatic carbocycles. The van der Waals surface area contributed by atoms with Crippen molar-refractivity contribution in [1.29, 1.82) is 0 Å². The minimum Gasteiger partial charge on any atom is -0.430 e. The van der Waals surface area contributed by atoms with Crippen molar-refractivity contribution >= 4 is 5.97 Å². The summed E-state index contributed by atoms with van der Waals surface area (Å²) in [4.78, 5) is 11.3. The lowest BCUT2D eigenvalue weighted by Crippen LogP contribution is -2.22. The quantitative estimate of drug-likeness (QED) is 0.559. The number of carbonyl (C=O) groups excluding carboxylic acids is 1. The van der Waals surface area contributed by atoms with Crippen molar-refractivity contribution < 1.29 is 9.53 Å². The van der Waals surface area contributed by atoms with Crippen LogP contribution in [0.4, 0.5) is 0 Å². The van der Waals surface area contributed by atoms with Gasteiger partial charge in [-0.05, 0) is 26.8 Å². The molecule has 0 aromatic rings. The number of hydrogen-bond donors (Lipinski definition) is 0. The van der Waals surface area contributed by atoms with Crippen LogP contribution in [0.3, 0.4) is 0 Å². The van der Waals surface area contributed by atoms with Gasteiger partial charge in [0.1, 0.15) is 5.76 Å². The van der Waals surface area contributed by atoms with Crippen molar-refractivity contribution in [3.63, 3.8) is 0 Å². The van der Waals surface area contributed by atoms with Crippen LogP contribution in [-0.4, -0.2) is 5.97 Å². The molecule has 0 saturated heterocycles. The Labute approximate surface area is 72.9 Å². The highest BCUT2D eigenvalue weighted by molar-refractivity contribution is 5.76. The van der Waals surface area contributed by atoms with E-state index in [0.717, 1.165) is 12.2 Å². The van der Waals surface area contributed by atoms with Gasteiger partial charge < -0.3 is 4.74 Å². The Morgan fingerprint density at radius 2 is 2.17 bits per heavy atom. The molecular formula is C10H14O2. The van der Waals surface area contributed by atoms with Gasteiger partial charge >= 0.3 is 5.97 Å². The lowest BCUT2D eigenvalue weighted by atomic mass is 9.97. The molecule has 12 heavy (non-hydrogen) atoms. The van der Waals surface area contributed by atoms with Gasteiger partial charge in [-0.25, -0.2) is 0 Å². The van der Waals surface area contributed by atoms with Crippen molar-refractivity contribution in [3.8, 4) is 0 Å². The maximum Gasteiger partial charge on any atom is 0.316 e. The Kier molecular flexibility index (Phi) is 2.36. The fourth-order valence-corrected chi connectivity index (χ4v) is 0.775. The molecule has 0 bridgehead atoms. The van der Waals surface area contributed by atoms with E-state index in [2.05, 4.69) is 0 Å². The van der Waals surface area contributed by atoms with Gasteiger partial charge in [0.2, 0.25) is 0 Å². The molecule has 66 valence electrons. The van der Waals surface area contributed by atoms with E-state index >= 15 is 0 Å². The van der Waals surface area contributed by atoms with Crippen LogP contribution >= 0.6 is 0 Å². The molecule has 0 spiro atoms. The largest absolute Gasteiger partial charge is 0.430 e. The lowest BCUT2D eigenvalue weighted by molar-refractivity contribution is -0.148. The predicted octanol–water partition coefficient (Wildman–Crippen LogP) is 2.42. The summed E-state index contributed by atoms with van der Waals surface area (Å²) in [6.07, 6.45) is 6.42. The number of rotatable bonds is 1. The molecule has 0 N–H and O–H groups in total. The van der Waals surface area contributed by atoms with Gasteiger partial charge in [-0.2, -0.15) is 0 Å². The van der Waals surface area contributed by atoms with Gasteiger partial charge in [-0.15, -0.1) is 0 Å². The third-order valence-electron chi connectivity index (χ3n) is 1.57. The average molecular weight is 166 g/mol. The van der Waals surface area contributed by atoms with E-state index in [1.807, 2.05) is 39.0 Å². The van der Waals surface area contributed by atoms with E-state index in [1.165, 1.54) is 0 Å². The molecule has 2 heteroatoms. The normalized spacial score (nSPS) is 16.1. The average Bonchev–Trinajstić information content (AvgIpc) is 2.37. The Morgan fingerprint density at radius 1 is 1.50 bits per heavy atom. The van der Waals surface area contributed by atoms with Gasteiger partial charge in [-0.3, -0.25) is 4.79 Å². The summed E-state index contributed by atoms with van der Waals surface area (Å²) in [7, 11) is 0. The molecule has 0 amide bonds. The lowest BCUT2D eigenvalue weighted by Gasteiger charge is -2.16. The second-order valence-corrected chi connectivity index (χ2v) is 3.90. The fraction of sp³-hybridized carbons (Fsp3) is 0.500. The highest BCUT2D eigenvalue weighted by Gasteiger charge is 2.24. The summed E-state index contributed by atoms with van der Waals surface area (Å²) in [6, 6.07) is 0. The van der Waals surface area contributed by atoms with Gasteiger partial charge in [0.25, 0.3) is 0 Å². The molecule has 0 atom stereocenters. The van der Waals surface area contributed by atoms with Crippen LogP contribution in [-0.2, 0) is 9.53 Å². The summed E-state index contributed by atoms with van der Waals surface area (Å²) >= 11 is 0. The molecule has 0 heterocycles. The molecule has 0 saturated carbocycles. The predicted molar refractivity (Wildman–Crippen MR) is 47.4 cm³/mol. The van der Waals surface area contributed by atoms with E-state index in [4.69, 9.17) is 4.74 Å². The molecule has 1 aliphatic rings. The molecule has 0 fully saturated rings. The van der Waals surface area contributed by atoms with Crippen molar-refractivity contribution in [3.05, 3.63) is 24.0 Å². The van der Waals surface area contributed by atoms with Crippen LogP contribution in [0.25, 0.3) is 0 Å². The smallest absolute Gasteiger partial charge is 0.316 e. The summed E-state index contributed by atoms with van der Waals surface area (Å²) in [5, 5.41) is 0. The molecule has 0 aliphatic heterocycles. The Hall–Kier alpha value is -1.05. The molecule has 1 aliphatic carbocycles. The second kappa shape index (κ2) is 3.13. The van der Waals surface area contributed by atoms with Gasteiger partial charge in [0.15, 0.2) is 0 Å². The fourth-order valence-electron chi connectivity index (χ4n) is 0.775. The van der Waals surface area contributed by atoms with Crippen molar-refractivity contribution in [1.82, 2.24) is 0 Å². The van der Waals surface area contributed by atoms with Crippen LogP contribution in [0, 0.1) is 5.41 Å². The number of esters is 1. The van der Waals surface area contributed by atoms with Crippen LogP contribution in [0.15, 0.2) is 24.0 Å². The van der Waals surface area contributed by atoms with Crippen LogP contribution in [0.5, 0.6) is 0 Å². The van der Waals surface area contributed by atoms with E-state index < -0.39 is 5.41 Å². The maximum absolute atomic E-state index is 11.3. The first-order valence-electron chi connectivity index (χ1n) is 4.08. The van der Waals surface area contributed by atoms with Crippen molar-refractivity contribution in [2.45, 2.75) is 27.2 Å². The Bertz CT molecular complexity index is 241. The zero-order valence-corrected chi connectivity index (χ0v) is 7.76. The number of carbonyl (C=O) groups is 1. The minimum atomic E-state index is -0.413. The van der Waals surface area contributed by atoms with Crippen LogP contribution in [0.1, 0.15) is 27.2 Å². The van der Waals surface area contributed by atoms with E-state index in [9.17, 15) is 4.79 Å². The van der Waals surface area contributed by atoms with E-state index in [1.54, 1.807) is 0 Å². The molecular weight excluding hydrogens is 152 g/mol.